The van der Waals surface area contributed by atoms with Crippen molar-refractivity contribution < 1.29 is 19.8 Å². The maximum Gasteiger partial charge on any atom is 0.258 e. The minimum Gasteiger partial charge on any atom is -0.507 e. The third kappa shape index (κ3) is 3.78. The summed E-state index contributed by atoms with van der Waals surface area (Å²) in [6, 6.07) is 7.70. The van der Waals surface area contributed by atoms with Crippen LogP contribution in [0, 0.1) is 6.92 Å². The Morgan fingerprint density at radius 2 is 1.96 bits per heavy atom. The fourth-order valence-corrected chi connectivity index (χ4v) is 3.83. The van der Waals surface area contributed by atoms with Crippen LogP contribution in [0.5, 0.6) is 11.5 Å². The number of phenolic OH excluding ortho intramolecular Hbond substituents is 2. The first-order valence-corrected chi connectivity index (χ1v) is 9.62. The number of aromatic hydroxyl groups is 2. The molecule has 7 heteroatoms. The Balaban J connectivity index is 1.90. The topological polar surface area (TPSA) is 89.9 Å². The van der Waals surface area contributed by atoms with Crippen LogP contribution in [-0.2, 0) is 0 Å². The van der Waals surface area contributed by atoms with Crippen molar-refractivity contribution >= 4 is 23.4 Å². The smallest absolute Gasteiger partial charge is 0.258 e. The van der Waals surface area contributed by atoms with Crippen LogP contribution in [0.25, 0.3) is 0 Å². The molecule has 2 aromatic rings. The monoisotopic (exact) mass is 402 g/mol. The summed E-state index contributed by atoms with van der Waals surface area (Å²) in [6.45, 7) is 4.90. The zero-order valence-electron chi connectivity index (χ0n) is 15.8. The van der Waals surface area contributed by atoms with Crippen molar-refractivity contribution in [2.45, 2.75) is 32.7 Å². The lowest BCUT2D eigenvalue weighted by Gasteiger charge is -2.27. The second-order valence-electron chi connectivity index (χ2n) is 6.91. The van der Waals surface area contributed by atoms with Crippen molar-refractivity contribution in [3.05, 3.63) is 57.6 Å². The van der Waals surface area contributed by atoms with Gasteiger partial charge in [-0.05, 0) is 56.0 Å². The van der Waals surface area contributed by atoms with Gasteiger partial charge in [-0.2, -0.15) is 0 Å². The molecule has 1 heterocycles. The number of rotatable bonds is 4. The van der Waals surface area contributed by atoms with Crippen LogP contribution < -0.4 is 5.32 Å². The highest BCUT2D eigenvalue weighted by atomic mass is 35.5. The van der Waals surface area contributed by atoms with Crippen LogP contribution in [0.15, 0.2) is 30.3 Å². The van der Waals surface area contributed by atoms with Gasteiger partial charge in [-0.15, -0.1) is 0 Å². The van der Waals surface area contributed by atoms with E-state index in [0.717, 1.165) is 30.0 Å². The summed E-state index contributed by atoms with van der Waals surface area (Å²) >= 11 is 5.92. The molecule has 1 fully saturated rings. The van der Waals surface area contributed by atoms with Gasteiger partial charge in [-0.1, -0.05) is 17.7 Å². The van der Waals surface area contributed by atoms with Crippen LogP contribution in [-0.4, -0.2) is 40.0 Å². The quantitative estimate of drug-likeness (QED) is 0.725. The van der Waals surface area contributed by atoms with E-state index in [1.165, 1.54) is 6.07 Å². The highest BCUT2D eigenvalue weighted by Crippen LogP contribution is 2.38. The van der Waals surface area contributed by atoms with Crippen molar-refractivity contribution in [2.24, 2.45) is 0 Å². The molecular weight excluding hydrogens is 380 g/mol. The molecule has 3 rings (SSSR count). The van der Waals surface area contributed by atoms with Gasteiger partial charge >= 0.3 is 0 Å². The number of nitrogens with one attached hydrogen (secondary N) is 1. The Labute approximate surface area is 168 Å². The number of phenols is 2. The number of benzene rings is 2. The van der Waals surface area contributed by atoms with Crippen molar-refractivity contribution in [1.82, 2.24) is 10.2 Å². The van der Waals surface area contributed by atoms with E-state index in [9.17, 15) is 19.8 Å². The number of likely N-dealkylation sites (tertiary alicyclic amines) is 1. The van der Waals surface area contributed by atoms with E-state index in [1.807, 2.05) is 26.0 Å². The molecule has 0 aliphatic carbocycles. The van der Waals surface area contributed by atoms with E-state index in [-0.39, 0.29) is 39.9 Å². The summed E-state index contributed by atoms with van der Waals surface area (Å²) in [7, 11) is 0. The zero-order chi connectivity index (χ0) is 20.4. The van der Waals surface area contributed by atoms with Crippen molar-refractivity contribution in [3.8, 4) is 11.5 Å². The molecule has 1 aliphatic rings. The maximum atomic E-state index is 13.0. The Morgan fingerprint density at radius 1 is 1.21 bits per heavy atom. The lowest BCUT2D eigenvalue weighted by atomic mass is 9.96. The van der Waals surface area contributed by atoms with Gasteiger partial charge in [0.15, 0.2) is 0 Å². The fourth-order valence-electron chi connectivity index (χ4n) is 3.66. The summed E-state index contributed by atoms with van der Waals surface area (Å²) in [4.78, 5) is 26.8. The molecule has 6 nitrogen and oxygen atoms in total. The van der Waals surface area contributed by atoms with Gasteiger partial charge in [0.1, 0.15) is 11.5 Å². The SMILES string of the molecule is CCNC(=O)c1ccc(C2CCCN2C(=O)c2cc(Cl)c(O)cc2O)c(C)c1. The first-order valence-electron chi connectivity index (χ1n) is 9.24. The number of carbonyl (C=O) groups is 2. The third-order valence-electron chi connectivity index (χ3n) is 5.04. The van der Waals surface area contributed by atoms with E-state index in [2.05, 4.69) is 5.32 Å². The van der Waals surface area contributed by atoms with E-state index >= 15 is 0 Å². The Hall–Kier alpha value is -2.73. The molecular formula is C21H23ClN2O4. The van der Waals surface area contributed by atoms with E-state index in [0.29, 0.717) is 18.7 Å². The summed E-state index contributed by atoms with van der Waals surface area (Å²) in [6.07, 6.45) is 1.63. The van der Waals surface area contributed by atoms with Gasteiger partial charge < -0.3 is 20.4 Å². The van der Waals surface area contributed by atoms with Crippen LogP contribution in [0.3, 0.4) is 0 Å². The molecule has 0 spiro atoms. The number of nitrogens with zero attached hydrogens (tertiary/aromatic N) is 1. The summed E-state index contributed by atoms with van der Waals surface area (Å²) in [5, 5.41) is 22.5. The van der Waals surface area contributed by atoms with Gasteiger partial charge in [0.05, 0.1) is 16.6 Å². The molecule has 0 aromatic heterocycles. The van der Waals surface area contributed by atoms with Gasteiger partial charge in [0.25, 0.3) is 11.8 Å². The lowest BCUT2D eigenvalue weighted by molar-refractivity contribution is 0.0731. The molecule has 1 saturated heterocycles. The number of aryl methyl sites for hydroxylation is 1. The Kier molecular flexibility index (Phi) is 5.79. The molecule has 148 valence electrons. The van der Waals surface area contributed by atoms with Crippen molar-refractivity contribution in [3.63, 3.8) is 0 Å². The molecule has 1 unspecified atom stereocenters. The average Bonchev–Trinajstić information content (AvgIpc) is 3.13. The normalized spacial score (nSPS) is 16.2. The van der Waals surface area contributed by atoms with E-state index in [1.54, 1.807) is 11.0 Å². The molecule has 1 atom stereocenters. The number of hydrogen-bond acceptors (Lipinski definition) is 4. The van der Waals surface area contributed by atoms with Crippen LogP contribution in [0.4, 0.5) is 0 Å². The first kappa shape index (κ1) is 20.0. The molecule has 0 radical (unpaired) electrons. The summed E-state index contributed by atoms with van der Waals surface area (Å²) < 4.78 is 0. The molecule has 3 N–H and O–H groups in total. The molecule has 0 saturated carbocycles. The van der Waals surface area contributed by atoms with E-state index in [4.69, 9.17) is 11.6 Å². The van der Waals surface area contributed by atoms with Gasteiger partial charge in [-0.25, -0.2) is 0 Å². The van der Waals surface area contributed by atoms with Crippen molar-refractivity contribution in [1.29, 1.82) is 0 Å². The van der Waals surface area contributed by atoms with Gasteiger partial charge in [0.2, 0.25) is 0 Å². The van der Waals surface area contributed by atoms with Crippen LogP contribution in [0.2, 0.25) is 5.02 Å². The van der Waals surface area contributed by atoms with Crippen molar-refractivity contribution in [2.75, 3.05) is 13.1 Å². The molecule has 1 aliphatic heterocycles. The average molecular weight is 403 g/mol. The summed E-state index contributed by atoms with van der Waals surface area (Å²) in [5.41, 5.74) is 2.55. The number of halogens is 1. The standard InChI is InChI=1S/C21H23ClN2O4/c1-3-23-20(27)13-6-7-14(12(2)9-13)17-5-4-8-24(17)21(28)15-10-16(22)19(26)11-18(15)25/h6-7,9-11,17,25-26H,3-5,8H2,1-2H3,(H,23,27). The van der Waals surface area contributed by atoms with Gasteiger partial charge in [0, 0.05) is 24.7 Å². The first-order chi connectivity index (χ1) is 13.3. The minimum atomic E-state index is -0.339. The lowest BCUT2D eigenvalue weighted by Crippen LogP contribution is -2.31. The van der Waals surface area contributed by atoms with Crippen LogP contribution in [0.1, 0.15) is 57.7 Å². The minimum absolute atomic E-state index is 0.0133. The molecule has 0 bridgehead atoms. The predicted octanol–water partition coefficient (Wildman–Crippen LogP) is 3.79. The Morgan fingerprint density at radius 3 is 2.64 bits per heavy atom. The maximum absolute atomic E-state index is 13.0. The molecule has 2 aromatic carbocycles. The highest BCUT2D eigenvalue weighted by molar-refractivity contribution is 6.32. The van der Waals surface area contributed by atoms with E-state index < -0.39 is 0 Å². The number of hydrogen-bond donors (Lipinski definition) is 3. The Bertz CT molecular complexity index is 929. The summed E-state index contributed by atoms with van der Waals surface area (Å²) in [5.74, 6) is -1.04. The highest BCUT2D eigenvalue weighted by Gasteiger charge is 2.33. The predicted molar refractivity (Wildman–Crippen MR) is 107 cm³/mol. The zero-order valence-corrected chi connectivity index (χ0v) is 16.6. The van der Waals surface area contributed by atoms with Gasteiger partial charge in [-0.3, -0.25) is 9.59 Å². The second kappa shape index (κ2) is 8.10. The molecule has 28 heavy (non-hydrogen) atoms. The molecule has 2 amide bonds. The number of amides is 2. The second-order valence-corrected chi connectivity index (χ2v) is 7.32. The largest absolute Gasteiger partial charge is 0.507 e. The number of carbonyl (C=O) groups excluding carboxylic acids is 2. The fraction of sp³-hybridized carbons (Fsp3) is 0.333. The third-order valence-corrected chi connectivity index (χ3v) is 5.34. The van der Waals surface area contributed by atoms with Crippen LogP contribution >= 0.6 is 11.6 Å².